The van der Waals surface area contributed by atoms with Gasteiger partial charge in [0.05, 0.1) is 17.7 Å². The zero-order valence-corrected chi connectivity index (χ0v) is 16.3. The van der Waals surface area contributed by atoms with Crippen molar-refractivity contribution < 1.29 is 14.6 Å². The van der Waals surface area contributed by atoms with Crippen molar-refractivity contribution in [2.75, 3.05) is 12.4 Å². The van der Waals surface area contributed by atoms with Crippen molar-refractivity contribution in [3.63, 3.8) is 0 Å². The Balaban J connectivity index is 1.50. The molecule has 1 aliphatic carbocycles. The van der Waals surface area contributed by atoms with E-state index in [1.54, 1.807) is 25.4 Å². The molecule has 29 heavy (non-hydrogen) atoms. The summed E-state index contributed by atoms with van der Waals surface area (Å²) >= 11 is 0. The number of aromatic nitrogens is 2. The lowest BCUT2D eigenvalue weighted by atomic mass is 9.92. The summed E-state index contributed by atoms with van der Waals surface area (Å²) in [5.41, 5.74) is 1.14. The molecule has 1 fully saturated rings. The van der Waals surface area contributed by atoms with E-state index in [9.17, 15) is 9.90 Å². The van der Waals surface area contributed by atoms with Crippen molar-refractivity contribution >= 4 is 22.6 Å². The highest BCUT2D eigenvalue weighted by Gasteiger charge is 2.23. The van der Waals surface area contributed by atoms with E-state index < -0.39 is 0 Å². The molecule has 1 aliphatic rings. The van der Waals surface area contributed by atoms with Gasteiger partial charge in [0.1, 0.15) is 23.0 Å². The second kappa shape index (κ2) is 8.45. The van der Waals surface area contributed by atoms with E-state index in [0.717, 1.165) is 42.4 Å². The van der Waals surface area contributed by atoms with E-state index >= 15 is 0 Å². The standard InChI is InChI=1S/C22H24N4O3/c1-23-22(28)19-13-16(10-11-24-19)29-15-7-8-17-14(12-15)6-9-21(25-17)26-18-4-2-3-5-20(18)27/h6-13,18,20,27H,2-5H2,1H3,(H,23,28)(H,25,26)/t18-,20-/m0/s1. The van der Waals surface area contributed by atoms with E-state index in [2.05, 4.69) is 20.6 Å². The number of anilines is 1. The number of carbonyl (C=O) groups excluding carboxylic acids is 1. The number of aliphatic hydroxyl groups is 1. The fourth-order valence-electron chi connectivity index (χ4n) is 3.58. The molecular weight excluding hydrogens is 368 g/mol. The van der Waals surface area contributed by atoms with Crippen LogP contribution in [0.15, 0.2) is 48.7 Å². The third-order valence-electron chi connectivity index (χ3n) is 5.15. The Morgan fingerprint density at radius 2 is 1.93 bits per heavy atom. The Morgan fingerprint density at radius 3 is 2.76 bits per heavy atom. The van der Waals surface area contributed by atoms with Crippen LogP contribution in [0.25, 0.3) is 10.9 Å². The van der Waals surface area contributed by atoms with Crippen LogP contribution < -0.4 is 15.4 Å². The molecule has 0 radical (unpaired) electrons. The molecule has 1 amide bonds. The number of carbonyl (C=O) groups is 1. The van der Waals surface area contributed by atoms with Crippen molar-refractivity contribution in [1.82, 2.24) is 15.3 Å². The van der Waals surface area contributed by atoms with Crippen LogP contribution in [0.4, 0.5) is 5.82 Å². The first-order valence-electron chi connectivity index (χ1n) is 9.84. The number of pyridine rings is 2. The minimum absolute atomic E-state index is 0.0533. The van der Waals surface area contributed by atoms with Gasteiger partial charge in [0.25, 0.3) is 5.91 Å². The SMILES string of the molecule is CNC(=O)c1cc(Oc2ccc3nc(N[C@H]4CCCC[C@@H]4O)ccc3c2)ccn1. The van der Waals surface area contributed by atoms with Gasteiger partial charge in [-0.25, -0.2) is 4.98 Å². The van der Waals surface area contributed by atoms with Crippen molar-refractivity contribution in [2.24, 2.45) is 0 Å². The summed E-state index contributed by atoms with van der Waals surface area (Å²) in [6.07, 6.45) is 5.21. The molecular formula is C22H24N4O3. The number of hydrogen-bond donors (Lipinski definition) is 3. The minimum atomic E-state index is -0.322. The summed E-state index contributed by atoms with van der Waals surface area (Å²) in [5.74, 6) is 1.69. The summed E-state index contributed by atoms with van der Waals surface area (Å²) in [5, 5.41) is 17.0. The Labute approximate surface area is 169 Å². The molecule has 4 rings (SSSR count). The molecule has 2 aromatic heterocycles. The lowest BCUT2D eigenvalue weighted by Crippen LogP contribution is -2.36. The zero-order valence-electron chi connectivity index (χ0n) is 16.3. The van der Waals surface area contributed by atoms with Crippen molar-refractivity contribution in [1.29, 1.82) is 0 Å². The zero-order chi connectivity index (χ0) is 20.2. The Bertz CT molecular complexity index is 1020. The number of benzene rings is 1. The molecule has 1 saturated carbocycles. The van der Waals surface area contributed by atoms with Gasteiger partial charge in [-0.05, 0) is 49.2 Å². The number of nitrogens with zero attached hydrogens (tertiary/aromatic N) is 2. The Kier molecular flexibility index (Phi) is 5.57. The van der Waals surface area contributed by atoms with Crippen LogP contribution in [0.3, 0.4) is 0 Å². The number of fused-ring (bicyclic) bond motifs is 1. The van der Waals surface area contributed by atoms with Gasteiger partial charge >= 0.3 is 0 Å². The molecule has 150 valence electrons. The van der Waals surface area contributed by atoms with Crippen LogP contribution in [-0.4, -0.2) is 40.2 Å². The monoisotopic (exact) mass is 392 g/mol. The maximum atomic E-state index is 11.7. The van der Waals surface area contributed by atoms with Crippen LogP contribution in [0, 0.1) is 0 Å². The highest BCUT2D eigenvalue weighted by molar-refractivity contribution is 5.92. The maximum absolute atomic E-state index is 11.7. The first-order valence-corrected chi connectivity index (χ1v) is 9.84. The van der Waals surface area contributed by atoms with E-state index in [1.165, 1.54) is 0 Å². The van der Waals surface area contributed by atoms with E-state index in [-0.39, 0.29) is 18.1 Å². The second-order valence-electron chi connectivity index (χ2n) is 7.21. The van der Waals surface area contributed by atoms with Crippen LogP contribution in [0.5, 0.6) is 11.5 Å². The van der Waals surface area contributed by atoms with Crippen LogP contribution in [0.2, 0.25) is 0 Å². The van der Waals surface area contributed by atoms with Crippen LogP contribution >= 0.6 is 0 Å². The molecule has 0 saturated heterocycles. The molecule has 0 unspecified atom stereocenters. The van der Waals surface area contributed by atoms with Gasteiger partial charge in [-0.3, -0.25) is 9.78 Å². The topological polar surface area (TPSA) is 96.4 Å². The first kappa shape index (κ1) is 19.1. The number of nitrogens with one attached hydrogen (secondary N) is 2. The quantitative estimate of drug-likeness (QED) is 0.615. The predicted molar refractivity (Wildman–Crippen MR) is 111 cm³/mol. The first-order chi connectivity index (χ1) is 14.1. The van der Waals surface area contributed by atoms with Crippen molar-refractivity contribution in [2.45, 2.75) is 37.8 Å². The molecule has 3 aromatic rings. The number of hydrogen-bond acceptors (Lipinski definition) is 6. The van der Waals surface area contributed by atoms with Crippen molar-refractivity contribution in [3.8, 4) is 11.5 Å². The summed E-state index contributed by atoms with van der Waals surface area (Å²) in [6, 6.07) is 12.9. The summed E-state index contributed by atoms with van der Waals surface area (Å²) in [6.45, 7) is 0. The molecule has 3 N–H and O–H groups in total. The normalized spacial score (nSPS) is 19.0. The third kappa shape index (κ3) is 4.46. The second-order valence-corrected chi connectivity index (χ2v) is 7.21. The lowest BCUT2D eigenvalue weighted by molar-refractivity contribution is 0.0957. The van der Waals surface area contributed by atoms with Gasteiger partial charge in [0.15, 0.2) is 0 Å². The molecule has 7 heteroatoms. The molecule has 2 heterocycles. The number of amides is 1. The van der Waals surface area contributed by atoms with Gasteiger partial charge in [-0.1, -0.05) is 12.8 Å². The Hall–Kier alpha value is -3.19. The highest BCUT2D eigenvalue weighted by atomic mass is 16.5. The summed E-state index contributed by atoms with van der Waals surface area (Å²) < 4.78 is 5.89. The van der Waals surface area contributed by atoms with Gasteiger partial charge < -0.3 is 20.5 Å². The Morgan fingerprint density at radius 1 is 1.10 bits per heavy atom. The van der Waals surface area contributed by atoms with Gasteiger partial charge in [-0.15, -0.1) is 0 Å². The molecule has 0 aliphatic heterocycles. The number of aliphatic hydroxyl groups excluding tert-OH is 1. The molecule has 0 spiro atoms. The highest BCUT2D eigenvalue weighted by Crippen LogP contribution is 2.27. The summed E-state index contributed by atoms with van der Waals surface area (Å²) in [7, 11) is 1.56. The molecule has 0 bridgehead atoms. The largest absolute Gasteiger partial charge is 0.457 e. The molecule has 1 aromatic carbocycles. The fourth-order valence-corrected chi connectivity index (χ4v) is 3.58. The number of rotatable bonds is 5. The third-order valence-corrected chi connectivity index (χ3v) is 5.15. The fraction of sp³-hybridized carbons (Fsp3) is 0.318. The molecule has 2 atom stereocenters. The van der Waals surface area contributed by atoms with Crippen LogP contribution in [0.1, 0.15) is 36.2 Å². The number of ether oxygens (including phenoxy) is 1. The van der Waals surface area contributed by atoms with Crippen LogP contribution in [-0.2, 0) is 0 Å². The minimum Gasteiger partial charge on any atom is -0.457 e. The maximum Gasteiger partial charge on any atom is 0.269 e. The van der Waals surface area contributed by atoms with Gasteiger partial charge in [-0.2, -0.15) is 0 Å². The summed E-state index contributed by atoms with van der Waals surface area (Å²) in [4.78, 5) is 20.4. The average Bonchev–Trinajstić information content (AvgIpc) is 2.75. The van der Waals surface area contributed by atoms with E-state index in [4.69, 9.17) is 4.74 Å². The molecule has 7 nitrogen and oxygen atoms in total. The lowest BCUT2D eigenvalue weighted by Gasteiger charge is -2.28. The predicted octanol–water partition coefficient (Wildman–Crippen LogP) is 3.50. The van der Waals surface area contributed by atoms with E-state index in [0.29, 0.717) is 17.2 Å². The van der Waals surface area contributed by atoms with Crippen molar-refractivity contribution in [3.05, 3.63) is 54.4 Å². The smallest absolute Gasteiger partial charge is 0.269 e. The van der Waals surface area contributed by atoms with Gasteiger partial charge in [0, 0.05) is 24.7 Å². The van der Waals surface area contributed by atoms with E-state index in [1.807, 2.05) is 30.3 Å². The van der Waals surface area contributed by atoms with Gasteiger partial charge in [0.2, 0.25) is 0 Å². The average molecular weight is 392 g/mol.